The third-order valence-electron chi connectivity index (χ3n) is 2.21. The van der Waals surface area contributed by atoms with E-state index in [1.165, 1.54) is 12.8 Å². The predicted molar refractivity (Wildman–Crippen MR) is 54.5 cm³/mol. The molecule has 0 aliphatic heterocycles. The summed E-state index contributed by atoms with van der Waals surface area (Å²) < 4.78 is 0. The minimum absolute atomic E-state index is 0.180. The van der Waals surface area contributed by atoms with Crippen molar-refractivity contribution in [2.45, 2.75) is 32.1 Å². The Morgan fingerprint density at radius 2 is 2.38 bits per heavy atom. The number of aromatic nitrogens is 1. The lowest BCUT2D eigenvalue weighted by Crippen LogP contribution is -2.11. The zero-order valence-corrected chi connectivity index (χ0v) is 8.45. The van der Waals surface area contributed by atoms with Crippen molar-refractivity contribution < 1.29 is 0 Å². The van der Waals surface area contributed by atoms with Gasteiger partial charge in [0.1, 0.15) is 5.84 Å². The van der Waals surface area contributed by atoms with Crippen LogP contribution < -0.4 is 5.73 Å². The largest absolute Gasteiger partial charge is 0.383 e. The molecule has 13 heavy (non-hydrogen) atoms. The fourth-order valence-electron chi connectivity index (χ4n) is 1.36. The summed E-state index contributed by atoms with van der Waals surface area (Å²) >= 11 is 1.58. The molecule has 3 nitrogen and oxygen atoms in total. The summed E-state index contributed by atoms with van der Waals surface area (Å²) in [6.07, 6.45) is 3.37. The molecule has 1 fully saturated rings. The standard InChI is InChI=1S/C9H13N3S/c1-2-6-12-7(5-3-4-5)8(13-6)9(10)11/h5H,2-4H2,1H3,(H3,10,11). The number of thiazole rings is 1. The molecule has 1 aliphatic carbocycles. The molecule has 0 aromatic carbocycles. The van der Waals surface area contributed by atoms with Gasteiger partial charge in [-0.3, -0.25) is 5.41 Å². The highest BCUT2D eigenvalue weighted by atomic mass is 32.1. The smallest absolute Gasteiger partial charge is 0.135 e. The maximum absolute atomic E-state index is 7.43. The maximum Gasteiger partial charge on any atom is 0.135 e. The molecule has 1 aliphatic rings. The first-order valence-corrected chi connectivity index (χ1v) is 5.38. The lowest BCUT2D eigenvalue weighted by Gasteiger charge is -1.95. The van der Waals surface area contributed by atoms with Crippen molar-refractivity contribution in [3.8, 4) is 0 Å². The van der Waals surface area contributed by atoms with Crippen molar-refractivity contribution in [2.75, 3.05) is 0 Å². The lowest BCUT2D eigenvalue weighted by atomic mass is 10.2. The molecule has 1 aromatic heterocycles. The van der Waals surface area contributed by atoms with Crippen LogP contribution in [0.2, 0.25) is 0 Å². The molecule has 0 amide bonds. The zero-order chi connectivity index (χ0) is 9.42. The van der Waals surface area contributed by atoms with Gasteiger partial charge in [-0.05, 0) is 19.3 Å². The van der Waals surface area contributed by atoms with Crippen LogP contribution in [0.25, 0.3) is 0 Å². The average molecular weight is 195 g/mol. The van der Waals surface area contributed by atoms with E-state index in [2.05, 4.69) is 11.9 Å². The predicted octanol–water partition coefficient (Wildman–Crippen LogP) is 1.87. The van der Waals surface area contributed by atoms with E-state index in [1.807, 2.05) is 0 Å². The second-order valence-corrected chi connectivity index (χ2v) is 4.45. The zero-order valence-electron chi connectivity index (χ0n) is 7.63. The quantitative estimate of drug-likeness (QED) is 0.571. The number of rotatable bonds is 3. The molecular weight excluding hydrogens is 182 g/mol. The number of nitrogens with one attached hydrogen (secondary N) is 1. The average Bonchev–Trinajstić information content (AvgIpc) is 2.84. The van der Waals surface area contributed by atoms with E-state index in [0.29, 0.717) is 5.92 Å². The summed E-state index contributed by atoms with van der Waals surface area (Å²) in [5.74, 6) is 0.773. The molecule has 0 bridgehead atoms. The number of hydrogen-bond donors (Lipinski definition) is 2. The van der Waals surface area contributed by atoms with Crippen LogP contribution >= 0.6 is 11.3 Å². The van der Waals surface area contributed by atoms with E-state index in [1.54, 1.807) is 11.3 Å². The molecule has 1 aromatic rings. The van der Waals surface area contributed by atoms with Crippen LogP contribution in [0.4, 0.5) is 0 Å². The van der Waals surface area contributed by atoms with Gasteiger partial charge in [-0.25, -0.2) is 4.98 Å². The van der Waals surface area contributed by atoms with Crippen LogP contribution in [-0.2, 0) is 6.42 Å². The Morgan fingerprint density at radius 3 is 2.85 bits per heavy atom. The summed E-state index contributed by atoms with van der Waals surface area (Å²) in [6.45, 7) is 2.08. The molecule has 70 valence electrons. The highest BCUT2D eigenvalue weighted by molar-refractivity contribution is 7.13. The van der Waals surface area contributed by atoms with Crippen LogP contribution in [0, 0.1) is 5.41 Å². The van der Waals surface area contributed by atoms with Gasteiger partial charge in [0.25, 0.3) is 0 Å². The van der Waals surface area contributed by atoms with E-state index in [9.17, 15) is 0 Å². The van der Waals surface area contributed by atoms with Gasteiger partial charge < -0.3 is 5.73 Å². The number of amidine groups is 1. The third-order valence-corrected chi connectivity index (χ3v) is 3.46. The fraction of sp³-hybridized carbons (Fsp3) is 0.556. The molecule has 0 saturated heterocycles. The van der Waals surface area contributed by atoms with Crippen molar-refractivity contribution in [2.24, 2.45) is 5.73 Å². The Morgan fingerprint density at radius 1 is 1.69 bits per heavy atom. The second-order valence-electron chi connectivity index (χ2n) is 3.36. The SMILES string of the molecule is CCc1nc(C2CC2)c(C(=N)N)s1. The molecule has 0 radical (unpaired) electrons. The molecular formula is C9H13N3S. The van der Waals surface area contributed by atoms with E-state index >= 15 is 0 Å². The molecule has 0 unspecified atom stereocenters. The van der Waals surface area contributed by atoms with Crippen LogP contribution in [0.3, 0.4) is 0 Å². The summed E-state index contributed by atoms with van der Waals surface area (Å²) in [4.78, 5) is 5.41. The first-order valence-electron chi connectivity index (χ1n) is 4.56. The summed E-state index contributed by atoms with van der Waals surface area (Å²) in [5, 5.41) is 8.54. The number of aryl methyl sites for hydroxylation is 1. The normalized spacial score (nSPS) is 16.1. The number of nitrogens with two attached hydrogens (primary N) is 1. The Hall–Kier alpha value is -0.900. The van der Waals surface area contributed by atoms with Crippen molar-refractivity contribution in [1.29, 1.82) is 5.41 Å². The minimum Gasteiger partial charge on any atom is -0.383 e. The molecule has 2 rings (SSSR count). The van der Waals surface area contributed by atoms with E-state index in [0.717, 1.165) is 22.0 Å². The second kappa shape index (κ2) is 3.10. The van der Waals surface area contributed by atoms with E-state index in [4.69, 9.17) is 11.1 Å². The van der Waals surface area contributed by atoms with Crippen molar-refractivity contribution in [1.82, 2.24) is 4.98 Å². The molecule has 1 heterocycles. The molecule has 0 spiro atoms. The van der Waals surface area contributed by atoms with Gasteiger partial charge in [0.2, 0.25) is 0 Å². The minimum atomic E-state index is 0.180. The third kappa shape index (κ3) is 1.58. The van der Waals surface area contributed by atoms with E-state index < -0.39 is 0 Å². The highest BCUT2D eigenvalue weighted by Crippen LogP contribution is 2.42. The van der Waals surface area contributed by atoms with E-state index in [-0.39, 0.29) is 5.84 Å². The Bertz CT molecular complexity index is 339. The van der Waals surface area contributed by atoms with Gasteiger partial charge in [0, 0.05) is 5.92 Å². The summed E-state index contributed by atoms with van der Waals surface area (Å²) in [5.41, 5.74) is 6.58. The maximum atomic E-state index is 7.43. The monoisotopic (exact) mass is 195 g/mol. The molecule has 0 atom stereocenters. The van der Waals surface area contributed by atoms with Crippen LogP contribution in [-0.4, -0.2) is 10.8 Å². The van der Waals surface area contributed by atoms with Crippen molar-refractivity contribution in [3.63, 3.8) is 0 Å². The molecule has 3 N–H and O–H groups in total. The highest BCUT2D eigenvalue weighted by Gasteiger charge is 2.30. The summed E-state index contributed by atoms with van der Waals surface area (Å²) in [7, 11) is 0. The Kier molecular flexibility index (Phi) is 2.07. The Balaban J connectivity index is 2.39. The van der Waals surface area contributed by atoms with Gasteiger partial charge in [-0.1, -0.05) is 6.92 Å². The van der Waals surface area contributed by atoms with Crippen LogP contribution in [0.15, 0.2) is 0 Å². The van der Waals surface area contributed by atoms with Gasteiger partial charge in [0.15, 0.2) is 0 Å². The van der Waals surface area contributed by atoms with Gasteiger partial charge in [-0.15, -0.1) is 11.3 Å². The Labute approximate surface area is 81.5 Å². The number of nitrogens with zero attached hydrogens (tertiary/aromatic N) is 1. The lowest BCUT2D eigenvalue weighted by molar-refractivity contribution is 0.990. The van der Waals surface area contributed by atoms with Crippen molar-refractivity contribution >= 4 is 17.2 Å². The van der Waals surface area contributed by atoms with Gasteiger partial charge in [0.05, 0.1) is 15.6 Å². The molecule has 4 heteroatoms. The topological polar surface area (TPSA) is 62.8 Å². The van der Waals surface area contributed by atoms with Gasteiger partial charge in [-0.2, -0.15) is 0 Å². The number of hydrogen-bond acceptors (Lipinski definition) is 3. The van der Waals surface area contributed by atoms with Crippen LogP contribution in [0.1, 0.15) is 41.3 Å². The first kappa shape index (κ1) is 8.69. The molecule has 1 saturated carbocycles. The fourth-order valence-corrected chi connectivity index (χ4v) is 2.31. The summed E-state index contributed by atoms with van der Waals surface area (Å²) in [6, 6.07) is 0. The number of nitrogen functional groups attached to an aromatic ring is 1. The van der Waals surface area contributed by atoms with Gasteiger partial charge >= 0.3 is 0 Å². The van der Waals surface area contributed by atoms with Crippen LogP contribution in [0.5, 0.6) is 0 Å². The first-order chi connectivity index (χ1) is 6.22. The van der Waals surface area contributed by atoms with Crippen molar-refractivity contribution in [3.05, 3.63) is 15.6 Å².